The molecule has 0 fully saturated rings. The second-order valence-electron chi connectivity index (χ2n) is 3.34. The van der Waals surface area contributed by atoms with Crippen LogP contribution in [0.4, 0.5) is 4.79 Å². The van der Waals surface area contributed by atoms with Crippen LogP contribution < -0.4 is 11.2 Å². The van der Waals surface area contributed by atoms with E-state index in [1.807, 2.05) is 30.3 Å². The van der Waals surface area contributed by atoms with Gasteiger partial charge in [-0.1, -0.05) is 30.3 Å². The third-order valence-corrected chi connectivity index (χ3v) is 1.99. The molecule has 94 valence electrons. The fourth-order valence-corrected chi connectivity index (χ4v) is 1.22. The molecule has 3 amide bonds. The van der Waals surface area contributed by atoms with Crippen LogP contribution in [0, 0.1) is 0 Å². The average molecular weight is 247 g/mol. The predicted molar refractivity (Wildman–Crippen MR) is 66.0 cm³/mol. The summed E-state index contributed by atoms with van der Waals surface area (Å²) in [5, 5.41) is 0.828. The van der Waals surface area contributed by atoms with E-state index in [0.717, 1.165) is 10.6 Å². The van der Waals surface area contributed by atoms with Crippen LogP contribution in [-0.2, 0) is 9.59 Å². The number of carbonyl (C=O) groups excluding carboxylic acids is 3. The minimum Gasteiger partial charge on any atom is -0.350 e. The van der Waals surface area contributed by atoms with Gasteiger partial charge in [-0.15, -0.1) is 0 Å². The maximum atomic E-state index is 11.7. The molecule has 1 rings (SSSR count). The zero-order valence-corrected chi connectivity index (χ0v) is 9.58. The van der Waals surface area contributed by atoms with Gasteiger partial charge in [0.15, 0.2) is 0 Å². The van der Waals surface area contributed by atoms with Gasteiger partial charge in [0, 0.05) is 6.08 Å². The van der Waals surface area contributed by atoms with E-state index in [9.17, 15) is 14.4 Å². The molecule has 0 saturated heterocycles. The quantitative estimate of drug-likeness (QED) is 0.455. The minimum atomic E-state index is -0.904. The predicted octanol–water partition coefficient (Wildman–Crippen LogP) is 0.311. The van der Waals surface area contributed by atoms with Gasteiger partial charge in [0.1, 0.15) is 6.29 Å². The van der Waals surface area contributed by atoms with Crippen molar-refractivity contribution >= 4 is 24.3 Å². The van der Waals surface area contributed by atoms with Crippen LogP contribution in [0.5, 0.6) is 0 Å². The Morgan fingerprint density at radius 2 is 1.94 bits per heavy atom. The van der Waals surface area contributed by atoms with Crippen LogP contribution >= 0.6 is 0 Å². The molecule has 0 saturated carbocycles. The molecule has 1 aromatic rings. The van der Waals surface area contributed by atoms with Crippen molar-refractivity contribution in [1.82, 2.24) is 10.4 Å². The van der Waals surface area contributed by atoms with Crippen LogP contribution in [0.2, 0.25) is 0 Å². The highest BCUT2D eigenvalue weighted by Crippen LogP contribution is 2.01. The van der Waals surface area contributed by atoms with E-state index in [1.165, 1.54) is 6.08 Å². The number of benzene rings is 1. The maximum absolute atomic E-state index is 11.7. The van der Waals surface area contributed by atoms with Crippen molar-refractivity contribution < 1.29 is 14.4 Å². The van der Waals surface area contributed by atoms with Crippen LogP contribution in [0.25, 0.3) is 6.08 Å². The fourth-order valence-electron chi connectivity index (χ4n) is 1.22. The molecule has 6 heteroatoms. The second-order valence-corrected chi connectivity index (χ2v) is 3.34. The first-order valence-electron chi connectivity index (χ1n) is 5.18. The number of nitrogens with zero attached hydrogens (tertiary/aromatic N) is 1. The van der Waals surface area contributed by atoms with Gasteiger partial charge < -0.3 is 10.5 Å². The summed E-state index contributed by atoms with van der Waals surface area (Å²) in [5.74, 6) is -0.537. The largest absolute Gasteiger partial charge is 0.350 e. The van der Waals surface area contributed by atoms with Crippen molar-refractivity contribution in [3.63, 3.8) is 0 Å². The number of urea groups is 1. The zero-order valence-electron chi connectivity index (χ0n) is 9.58. The number of aldehydes is 1. The lowest BCUT2D eigenvalue weighted by molar-refractivity contribution is -0.130. The summed E-state index contributed by atoms with van der Waals surface area (Å²) in [6, 6.07) is 8.24. The highest BCUT2D eigenvalue weighted by atomic mass is 16.2. The number of carbonyl (C=O) groups is 3. The van der Waals surface area contributed by atoms with Gasteiger partial charge in [0.05, 0.1) is 6.54 Å². The molecule has 0 aliphatic heterocycles. The summed E-state index contributed by atoms with van der Waals surface area (Å²) >= 11 is 0. The molecule has 18 heavy (non-hydrogen) atoms. The van der Waals surface area contributed by atoms with Crippen LogP contribution in [0.15, 0.2) is 36.4 Å². The van der Waals surface area contributed by atoms with E-state index in [4.69, 9.17) is 5.73 Å². The number of hydrogen-bond donors (Lipinski definition) is 2. The topological polar surface area (TPSA) is 92.5 Å². The third-order valence-electron chi connectivity index (χ3n) is 1.99. The Labute approximate surface area is 104 Å². The van der Waals surface area contributed by atoms with Crippen molar-refractivity contribution in [1.29, 1.82) is 0 Å². The monoisotopic (exact) mass is 247 g/mol. The summed E-state index contributed by atoms with van der Waals surface area (Å²) in [6.07, 6.45) is 3.31. The Balaban J connectivity index is 2.69. The molecule has 0 atom stereocenters. The number of primary amides is 1. The van der Waals surface area contributed by atoms with Crippen LogP contribution in [0.1, 0.15) is 5.56 Å². The lowest BCUT2D eigenvalue weighted by Crippen LogP contribution is -2.48. The molecule has 0 aliphatic rings. The molecule has 0 unspecified atom stereocenters. The lowest BCUT2D eigenvalue weighted by Gasteiger charge is -2.17. The fraction of sp³-hybridized carbons (Fsp3) is 0.0833. The average Bonchev–Trinajstić information content (AvgIpc) is 2.36. The number of hydrogen-bond acceptors (Lipinski definition) is 3. The van der Waals surface area contributed by atoms with Gasteiger partial charge >= 0.3 is 6.03 Å². The van der Waals surface area contributed by atoms with E-state index in [2.05, 4.69) is 5.43 Å². The summed E-state index contributed by atoms with van der Waals surface area (Å²) < 4.78 is 0. The van der Waals surface area contributed by atoms with Gasteiger partial charge in [-0.2, -0.15) is 0 Å². The molecule has 0 aromatic heterocycles. The molecule has 0 heterocycles. The Bertz CT molecular complexity index is 457. The smallest absolute Gasteiger partial charge is 0.331 e. The molecule has 0 radical (unpaired) electrons. The van der Waals surface area contributed by atoms with Crippen molar-refractivity contribution in [2.45, 2.75) is 0 Å². The maximum Gasteiger partial charge on any atom is 0.331 e. The molecule has 6 nitrogen and oxygen atoms in total. The highest BCUT2D eigenvalue weighted by molar-refractivity contribution is 5.93. The minimum absolute atomic E-state index is 0.263. The number of nitrogens with two attached hydrogens (primary N) is 1. The number of amides is 3. The summed E-state index contributed by atoms with van der Waals surface area (Å²) in [7, 11) is 0. The molecule has 0 aliphatic carbocycles. The first kappa shape index (κ1) is 13.4. The molecule has 0 spiro atoms. The normalized spacial score (nSPS) is 10.0. The summed E-state index contributed by atoms with van der Waals surface area (Å²) in [4.78, 5) is 32.7. The Kier molecular flexibility index (Phi) is 5.11. The van der Waals surface area contributed by atoms with Crippen molar-refractivity contribution in [3.8, 4) is 0 Å². The van der Waals surface area contributed by atoms with Crippen molar-refractivity contribution in [2.75, 3.05) is 6.54 Å². The van der Waals surface area contributed by atoms with E-state index < -0.39 is 11.9 Å². The molecular weight excluding hydrogens is 234 g/mol. The molecule has 3 N–H and O–H groups in total. The van der Waals surface area contributed by atoms with Crippen molar-refractivity contribution in [2.24, 2.45) is 5.73 Å². The van der Waals surface area contributed by atoms with E-state index in [-0.39, 0.29) is 6.54 Å². The summed E-state index contributed by atoms with van der Waals surface area (Å²) in [5.41, 5.74) is 7.77. The molecule has 1 aromatic carbocycles. The Hall–Kier alpha value is -2.63. The number of hydrazine groups is 1. The number of rotatable bonds is 4. The van der Waals surface area contributed by atoms with Crippen LogP contribution in [-0.4, -0.2) is 29.8 Å². The summed E-state index contributed by atoms with van der Waals surface area (Å²) in [6.45, 7) is -0.263. The first-order chi connectivity index (χ1) is 8.63. The van der Waals surface area contributed by atoms with Crippen molar-refractivity contribution in [3.05, 3.63) is 42.0 Å². The SMILES string of the molecule is NC(=O)NN(CC=O)C(=O)/C=C/c1ccccc1. The Morgan fingerprint density at radius 3 is 2.50 bits per heavy atom. The van der Waals surface area contributed by atoms with E-state index >= 15 is 0 Å². The standard InChI is InChI=1S/C12H13N3O3/c13-12(18)14-15(8-9-16)11(17)7-6-10-4-2-1-3-5-10/h1-7,9H,8H2,(H3,13,14,18)/b7-6+. The van der Waals surface area contributed by atoms with E-state index in [1.54, 1.807) is 6.08 Å². The molecule has 0 bridgehead atoms. The van der Waals surface area contributed by atoms with Gasteiger partial charge in [0.25, 0.3) is 5.91 Å². The third kappa shape index (κ3) is 4.48. The van der Waals surface area contributed by atoms with Gasteiger partial charge in [-0.05, 0) is 11.6 Å². The molecular formula is C12H13N3O3. The van der Waals surface area contributed by atoms with E-state index in [0.29, 0.717) is 6.29 Å². The number of nitrogens with one attached hydrogen (secondary N) is 1. The zero-order chi connectivity index (χ0) is 13.4. The highest BCUT2D eigenvalue weighted by Gasteiger charge is 2.10. The lowest BCUT2D eigenvalue weighted by atomic mass is 10.2. The Morgan fingerprint density at radius 1 is 1.28 bits per heavy atom. The van der Waals surface area contributed by atoms with Crippen LogP contribution in [0.3, 0.4) is 0 Å². The first-order valence-corrected chi connectivity index (χ1v) is 5.18. The van der Waals surface area contributed by atoms with Gasteiger partial charge in [-0.25, -0.2) is 15.2 Å². The van der Waals surface area contributed by atoms with Gasteiger partial charge in [-0.3, -0.25) is 4.79 Å². The van der Waals surface area contributed by atoms with Gasteiger partial charge in [0.2, 0.25) is 0 Å². The second kappa shape index (κ2) is 6.85.